The fraction of sp³-hybridized carbons (Fsp3) is 0. The number of hydrogen-bond donors (Lipinski definition) is 1. The molecule has 0 fully saturated rings. The molecule has 0 aliphatic carbocycles. The predicted molar refractivity (Wildman–Crippen MR) is 67.8 cm³/mol. The Hall–Kier alpha value is -1.57. The normalized spacial score (nSPS) is 11.1. The second-order valence-electron chi connectivity index (χ2n) is 3.23. The molecule has 80 valence electrons. The fourth-order valence-corrected chi connectivity index (χ4v) is 2.33. The second-order valence-corrected chi connectivity index (χ2v) is 4.26. The molecule has 0 saturated carbocycles. The van der Waals surface area contributed by atoms with Gasteiger partial charge in [-0.3, -0.25) is 4.40 Å². The van der Waals surface area contributed by atoms with Crippen LogP contribution in [0.1, 0.15) is 0 Å². The van der Waals surface area contributed by atoms with E-state index in [0.29, 0.717) is 17.2 Å². The molecule has 0 amide bonds. The van der Waals surface area contributed by atoms with E-state index in [4.69, 9.17) is 10.2 Å². The van der Waals surface area contributed by atoms with E-state index in [9.17, 15) is 0 Å². The van der Waals surface area contributed by atoms with Gasteiger partial charge < -0.3 is 10.2 Å². The van der Waals surface area contributed by atoms with Crippen LogP contribution in [0.3, 0.4) is 0 Å². The van der Waals surface area contributed by atoms with Crippen LogP contribution in [0.15, 0.2) is 35.2 Å². The SMILES string of the molecule is Nc1nc(-c2ccco2)c(I)n2ccnc12. The van der Waals surface area contributed by atoms with Crippen molar-refractivity contribution in [3.63, 3.8) is 0 Å². The average Bonchev–Trinajstić information content (AvgIpc) is 2.92. The monoisotopic (exact) mass is 326 g/mol. The molecule has 2 N–H and O–H groups in total. The molecule has 0 unspecified atom stereocenters. The molecule has 0 aliphatic heterocycles. The number of halogens is 1. The van der Waals surface area contributed by atoms with E-state index in [1.807, 2.05) is 22.7 Å². The van der Waals surface area contributed by atoms with Crippen LogP contribution in [-0.4, -0.2) is 14.4 Å². The molecule has 0 bridgehead atoms. The maximum atomic E-state index is 5.84. The summed E-state index contributed by atoms with van der Waals surface area (Å²) in [5.74, 6) is 1.10. The zero-order valence-electron chi connectivity index (χ0n) is 8.09. The first-order chi connectivity index (χ1) is 7.77. The van der Waals surface area contributed by atoms with Gasteiger partial charge >= 0.3 is 0 Å². The molecule has 0 atom stereocenters. The molecule has 0 saturated heterocycles. The van der Waals surface area contributed by atoms with E-state index in [1.54, 1.807) is 12.5 Å². The maximum Gasteiger partial charge on any atom is 0.180 e. The molecule has 3 aromatic heterocycles. The van der Waals surface area contributed by atoms with Gasteiger partial charge in [-0.15, -0.1) is 0 Å². The topological polar surface area (TPSA) is 69.3 Å². The Morgan fingerprint density at radius 3 is 3.06 bits per heavy atom. The summed E-state index contributed by atoms with van der Waals surface area (Å²) in [6.45, 7) is 0. The summed E-state index contributed by atoms with van der Waals surface area (Å²) >= 11 is 2.20. The van der Waals surface area contributed by atoms with Crippen LogP contribution >= 0.6 is 22.6 Å². The van der Waals surface area contributed by atoms with Gasteiger partial charge in [-0.05, 0) is 34.7 Å². The quantitative estimate of drug-likeness (QED) is 0.696. The molecular weight excluding hydrogens is 319 g/mol. The van der Waals surface area contributed by atoms with E-state index < -0.39 is 0 Å². The lowest BCUT2D eigenvalue weighted by Gasteiger charge is -2.05. The van der Waals surface area contributed by atoms with E-state index in [-0.39, 0.29) is 0 Å². The molecule has 0 aliphatic rings. The van der Waals surface area contributed by atoms with Gasteiger partial charge in [-0.25, -0.2) is 9.97 Å². The summed E-state index contributed by atoms with van der Waals surface area (Å²) < 4.78 is 8.14. The summed E-state index contributed by atoms with van der Waals surface area (Å²) in [5.41, 5.74) is 7.23. The molecule has 0 radical (unpaired) electrons. The number of hydrogen-bond acceptors (Lipinski definition) is 4. The van der Waals surface area contributed by atoms with Gasteiger partial charge in [-0.2, -0.15) is 0 Å². The molecule has 0 spiro atoms. The number of nitrogens with two attached hydrogens (primary N) is 1. The van der Waals surface area contributed by atoms with Gasteiger partial charge in [0.05, 0.1) is 6.26 Å². The Balaban J connectivity index is 2.38. The zero-order chi connectivity index (χ0) is 11.1. The first kappa shape index (κ1) is 9.64. The van der Waals surface area contributed by atoms with Crippen molar-refractivity contribution >= 4 is 34.1 Å². The third-order valence-corrected chi connectivity index (χ3v) is 3.29. The zero-order valence-corrected chi connectivity index (χ0v) is 10.2. The van der Waals surface area contributed by atoms with Gasteiger partial charge in [0.1, 0.15) is 9.39 Å². The van der Waals surface area contributed by atoms with Crippen molar-refractivity contribution in [3.8, 4) is 11.5 Å². The third kappa shape index (κ3) is 1.29. The van der Waals surface area contributed by atoms with Crippen LogP contribution in [0.2, 0.25) is 0 Å². The number of imidazole rings is 1. The van der Waals surface area contributed by atoms with Crippen molar-refractivity contribution in [2.75, 3.05) is 5.73 Å². The molecular formula is C10H7IN4O. The van der Waals surface area contributed by atoms with Crippen molar-refractivity contribution in [1.29, 1.82) is 0 Å². The third-order valence-electron chi connectivity index (χ3n) is 2.26. The van der Waals surface area contributed by atoms with E-state index in [1.165, 1.54) is 0 Å². The number of nitrogen functional groups attached to an aromatic ring is 1. The van der Waals surface area contributed by atoms with Gasteiger partial charge in [0.25, 0.3) is 0 Å². The molecule has 16 heavy (non-hydrogen) atoms. The van der Waals surface area contributed by atoms with Crippen LogP contribution in [0, 0.1) is 3.70 Å². The smallest absolute Gasteiger partial charge is 0.180 e. The van der Waals surface area contributed by atoms with Crippen molar-refractivity contribution in [2.45, 2.75) is 0 Å². The Morgan fingerprint density at radius 2 is 2.31 bits per heavy atom. The van der Waals surface area contributed by atoms with Gasteiger partial charge in [0, 0.05) is 12.4 Å². The lowest BCUT2D eigenvalue weighted by Crippen LogP contribution is -2.02. The minimum absolute atomic E-state index is 0.400. The number of anilines is 1. The van der Waals surface area contributed by atoms with E-state index in [2.05, 4.69) is 32.6 Å². The highest BCUT2D eigenvalue weighted by Gasteiger charge is 2.14. The Bertz CT molecular complexity index is 644. The second kappa shape index (κ2) is 3.48. The number of aromatic nitrogens is 3. The highest BCUT2D eigenvalue weighted by molar-refractivity contribution is 14.1. The molecule has 3 aromatic rings. The average molecular weight is 326 g/mol. The van der Waals surface area contributed by atoms with Gasteiger partial charge in [0.15, 0.2) is 17.2 Å². The fourth-order valence-electron chi connectivity index (χ4n) is 1.55. The highest BCUT2D eigenvalue weighted by atomic mass is 127. The van der Waals surface area contributed by atoms with E-state index in [0.717, 1.165) is 9.39 Å². The summed E-state index contributed by atoms with van der Waals surface area (Å²) in [5, 5.41) is 0. The lowest BCUT2D eigenvalue weighted by molar-refractivity contribution is 0.579. The number of rotatable bonds is 1. The van der Waals surface area contributed by atoms with Crippen LogP contribution < -0.4 is 5.73 Å². The largest absolute Gasteiger partial charge is 0.463 e. The Labute approximate surface area is 104 Å². The number of nitrogens with zero attached hydrogens (tertiary/aromatic N) is 3. The number of fused-ring (bicyclic) bond motifs is 1. The summed E-state index contributed by atoms with van der Waals surface area (Å²) in [6.07, 6.45) is 5.16. The van der Waals surface area contributed by atoms with Crippen molar-refractivity contribution in [2.24, 2.45) is 0 Å². The maximum absolute atomic E-state index is 5.84. The van der Waals surface area contributed by atoms with Crippen molar-refractivity contribution in [3.05, 3.63) is 34.5 Å². The van der Waals surface area contributed by atoms with Crippen LogP contribution in [0.5, 0.6) is 0 Å². The molecule has 0 aromatic carbocycles. The van der Waals surface area contributed by atoms with E-state index >= 15 is 0 Å². The van der Waals surface area contributed by atoms with Crippen LogP contribution in [0.25, 0.3) is 17.1 Å². The van der Waals surface area contributed by atoms with Crippen LogP contribution in [-0.2, 0) is 0 Å². The minimum Gasteiger partial charge on any atom is -0.463 e. The summed E-state index contributed by atoms with van der Waals surface area (Å²) in [7, 11) is 0. The van der Waals surface area contributed by atoms with Gasteiger partial charge in [0.2, 0.25) is 0 Å². The molecule has 3 heterocycles. The Morgan fingerprint density at radius 1 is 1.44 bits per heavy atom. The van der Waals surface area contributed by atoms with Crippen LogP contribution in [0.4, 0.5) is 5.82 Å². The van der Waals surface area contributed by atoms with Gasteiger partial charge in [-0.1, -0.05) is 0 Å². The lowest BCUT2D eigenvalue weighted by atomic mass is 10.3. The predicted octanol–water partition coefficient (Wildman–Crippen LogP) is 2.18. The highest BCUT2D eigenvalue weighted by Crippen LogP contribution is 2.26. The molecule has 5 nitrogen and oxygen atoms in total. The molecule has 3 rings (SSSR count). The summed E-state index contributed by atoms with van der Waals surface area (Å²) in [4.78, 5) is 8.45. The first-order valence-electron chi connectivity index (χ1n) is 4.59. The molecule has 6 heteroatoms. The summed E-state index contributed by atoms with van der Waals surface area (Å²) in [6, 6.07) is 3.67. The standard InChI is InChI=1S/C10H7IN4O/c11-8-7(6-2-1-5-16-6)14-9(12)10-13-3-4-15(8)10/h1-5H,(H2,12,14). The van der Waals surface area contributed by atoms with Crippen molar-refractivity contribution in [1.82, 2.24) is 14.4 Å². The Kier molecular flexibility index (Phi) is 2.10. The first-order valence-corrected chi connectivity index (χ1v) is 5.67. The number of furan rings is 1. The van der Waals surface area contributed by atoms with Crippen molar-refractivity contribution < 1.29 is 4.42 Å². The minimum atomic E-state index is 0.400.